The Balaban J connectivity index is 3.18. The van der Waals surface area contributed by atoms with E-state index in [1.807, 2.05) is 18.8 Å². The minimum atomic E-state index is -0.534. The molecule has 0 aliphatic carbocycles. The molecule has 94 valence electrons. The first-order valence-electron chi connectivity index (χ1n) is 4.65. The summed E-state index contributed by atoms with van der Waals surface area (Å²) in [5.74, 6) is 0.0365. The molecule has 0 N–H and O–H groups in total. The van der Waals surface area contributed by atoms with E-state index in [4.69, 9.17) is 23.2 Å². The molecule has 0 spiro atoms. The summed E-state index contributed by atoms with van der Waals surface area (Å²) in [4.78, 5) is 12.5. The highest BCUT2D eigenvalue weighted by Gasteiger charge is 2.37. The highest BCUT2D eigenvalue weighted by molar-refractivity contribution is 8.34. The molecule has 0 saturated heterocycles. The van der Waals surface area contributed by atoms with E-state index in [-0.39, 0.29) is 5.78 Å². The van der Waals surface area contributed by atoms with Gasteiger partial charge in [-0.05, 0) is 37.0 Å². The number of ketones is 1. The van der Waals surface area contributed by atoms with E-state index in [0.717, 1.165) is 0 Å². The van der Waals surface area contributed by atoms with Crippen molar-refractivity contribution in [2.24, 2.45) is 0 Å². The van der Waals surface area contributed by atoms with Crippen LogP contribution in [0, 0.1) is 0 Å². The van der Waals surface area contributed by atoms with Crippen LogP contribution in [0.3, 0.4) is 0 Å². The van der Waals surface area contributed by atoms with Crippen molar-refractivity contribution in [3.63, 3.8) is 0 Å². The maximum Gasteiger partial charge on any atom is 0.199 e. The second-order valence-electron chi connectivity index (χ2n) is 3.16. The SMILES string of the molecule is CSC(SC)(SC)C(=O)c1cc(Cl)cc(Cl)c1. The molecule has 17 heavy (non-hydrogen) atoms. The molecule has 0 atom stereocenters. The molecule has 0 radical (unpaired) electrons. The van der Waals surface area contributed by atoms with Gasteiger partial charge in [-0.1, -0.05) is 23.2 Å². The number of carbonyl (C=O) groups is 1. The molecule has 0 heterocycles. The molecule has 1 aromatic rings. The maximum atomic E-state index is 12.5. The Morgan fingerprint density at radius 3 is 1.76 bits per heavy atom. The lowest BCUT2D eigenvalue weighted by Crippen LogP contribution is -2.27. The van der Waals surface area contributed by atoms with E-state index < -0.39 is 3.41 Å². The summed E-state index contributed by atoms with van der Waals surface area (Å²) >= 11 is 16.4. The van der Waals surface area contributed by atoms with Crippen LogP contribution in [0.15, 0.2) is 18.2 Å². The van der Waals surface area contributed by atoms with Crippen LogP contribution in [0.1, 0.15) is 10.4 Å². The third kappa shape index (κ3) is 3.51. The zero-order valence-corrected chi connectivity index (χ0v) is 13.6. The van der Waals surface area contributed by atoms with Crippen LogP contribution in [0.25, 0.3) is 0 Å². The number of benzene rings is 1. The molecule has 0 aromatic heterocycles. The van der Waals surface area contributed by atoms with Gasteiger partial charge in [-0.2, -0.15) is 0 Å². The third-order valence-corrected chi connectivity index (χ3v) is 7.81. The minimum absolute atomic E-state index is 0.0365. The van der Waals surface area contributed by atoms with Gasteiger partial charge in [0, 0.05) is 15.6 Å². The van der Waals surface area contributed by atoms with E-state index in [1.54, 1.807) is 18.2 Å². The van der Waals surface area contributed by atoms with Crippen LogP contribution in [0.5, 0.6) is 0 Å². The van der Waals surface area contributed by atoms with Crippen molar-refractivity contribution in [1.82, 2.24) is 0 Å². The topological polar surface area (TPSA) is 17.1 Å². The van der Waals surface area contributed by atoms with Gasteiger partial charge >= 0.3 is 0 Å². The molecule has 0 amide bonds. The summed E-state index contributed by atoms with van der Waals surface area (Å²) < 4.78 is -0.534. The molecule has 0 aliphatic rings. The van der Waals surface area contributed by atoms with Crippen molar-refractivity contribution < 1.29 is 4.79 Å². The van der Waals surface area contributed by atoms with Crippen molar-refractivity contribution in [3.05, 3.63) is 33.8 Å². The normalized spacial score (nSPS) is 11.6. The van der Waals surface area contributed by atoms with Gasteiger partial charge in [0.1, 0.15) is 0 Å². The quantitative estimate of drug-likeness (QED) is 0.564. The largest absolute Gasteiger partial charge is 0.291 e. The number of thioether (sulfide) groups is 3. The summed E-state index contributed by atoms with van der Waals surface area (Å²) in [6.07, 6.45) is 5.78. The fourth-order valence-corrected chi connectivity index (χ4v) is 4.83. The Labute approximate surface area is 124 Å². The average molecular weight is 327 g/mol. The number of Topliss-reactive ketones (excluding diaryl/α,β-unsaturated/α-hetero) is 1. The maximum absolute atomic E-state index is 12.5. The second-order valence-corrected chi connectivity index (χ2v) is 7.87. The predicted molar refractivity (Wildman–Crippen MR) is 84.1 cm³/mol. The predicted octanol–water partition coefficient (Wildman–Crippen LogP) is 4.92. The first kappa shape index (κ1) is 15.6. The highest BCUT2D eigenvalue weighted by Crippen LogP contribution is 2.45. The van der Waals surface area contributed by atoms with Gasteiger partial charge in [-0.25, -0.2) is 0 Å². The summed E-state index contributed by atoms with van der Waals surface area (Å²) in [6, 6.07) is 4.94. The number of hydrogen-bond donors (Lipinski definition) is 0. The van der Waals surface area contributed by atoms with Crippen molar-refractivity contribution in [1.29, 1.82) is 0 Å². The lowest BCUT2D eigenvalue weighted by atomic mass is 10.1. The van der Waals surface area contributed by atoms with Gasteiger partial charge < -0.3 is 0 Å². The summed E-state index contributed by atoms with van der Waals surface area (Å²) in [5.41, 5.74) is 0.556. The first-order valence-corrected chi connectivity index (χ1v) is 9.08. The van der Waals surface area contributed by atoms with E-state index in [0.29, 0.717) is 15.6 Å². The van der Waals surface area contributed by atoms with E-state index >= 15 is 0 Å². The smallest absolute Gasteiger partial charge is 0.199 e. The lowest BCUT2D eigenvalue weighted by molar-refractivity contribution is 0.100. The Kier molecular flexibility index (Phi) is 6.06. The van der Waals surface area contributed by atoms with Gasteiger partial charge in [-0.3, -0.25) is 4.79 Å². The van der Waals surface area contributed by atoms with Crippen LogP contribution in [-0.4, -0.2) is 28.0 Å². The lowest BCUT2D eigenvalue weighted by Gasteiger charge is -2.26. The fraction of sp³-hybridized carbons (Fsp3) is 0.364. The zero-order chi connectivity index (χ0) is 13.1. The van der Waals surface area contributed by atoms with E-state index in [1.165, 1.54) is 35.3 Å². The molecule has 6 heteroatoms. The van der Waals surface area contributed by atoms with Gasteiger partial charge in [0.25, 0.3) is 0 Å². The molecular weight excluding hydrogens is 315 g/mol. The summed E-state index contributed by atoms with van der Waals surface area (Å²) in [7, 11) is 0. The molecule has 0 aliphatic heterocycles. The van der Waals surface area contributed by atoms with Gasteiger partial charge in [0.15, 0.2) is 9.19 Å². The Morgan fingerprint density at radius 1 is 1.00 bits per heavy atom. The van der Waals surface area contributed by atoms with Crippen LogP contribution >= 0.6 is 58.5 Å². The molecule has 0 bridgehead atoms. The van der Waals surface area contributed by atoms with E-state index in [9.17, 15) is 4.79 Å². The number of rotatable bonds is 5. The molecule has 1 nitrogen and oxygen atoms in total. The highest BCUT2D eigenvalue weighted by atomic mass is 35.5. The Morgan fingerprint density at radius 2 is 1.41 bits per heavy atom. The number of hydrogen-bond acceptors (Lipinski definition) is 4. The van der Waals surface area contributed by atoms with Gasteiger partial charge in [0.2, 0.25) is 0 Å². The summed E-state index contributed by atoms with van der Waals surface area (Å²) in [6.45, 7) is 0. The van der Waals surface area contributed by atoms with Crippen LogP contribution < -0.4 is 0 Å². The molecule has 1 aromatic carbocycles. The average Bonchev–Trinajstić information content (AvgIpc) is 2.30. The monoisotopic (exact) mass is 326 g/mol. The second kappa shape index (κ2) is 6.62. The zero-order valence-electron chi connectivity index (χ0n) is 9.62. The molecule has 1 rings (SSSR count). The molecule has 0 fully saturated rings. The van der Waals surface area contributed by atoms with Gasteiger partial charge in [-0.15, -0.1) is 35.3 Å². The standard InChI is InChI=1S/C11H12Cl2OS3/c1-15-11(16-2,17-3)10(14)7-4-8(12)6-9(13)5-7/h4-6H,1-3H3. The minimum Gasteiger partial charge on any atom is -0.291 e. The molecule has 0 saturated carbocycles. The van der Waals surface area contributed by atoms with Crippen molar-refractivity contribution in [2.75, 3.05) is 18.8 Å². The van der Waals surface area contributed by atoms with Gasteiger partial charge in [0.05, 0.1) is 0 Å². The van der Waals surface area contributed by atoms with Crippen LogP contribution in [-0.2, 0) is 0 Å². The molecule has 0 unspecified atom stereocenters. The third-order valence-electron chi connectivity index (χ3n) is 2.21. The van der Waals surface area contributed by atoms with Crippen molar-refractivity contribution >= 4 is 64.3 Å². The Hall–Kier alpha value is 0.520. The number of halogens is 2. The fourth-order valence-electron chi connectivity index (χ4n) is 1.39. The Bertz CT molecular complexity index is 391. The molecular formula is C11H12Cl2OS3. The number of carbonyl (C=O) groups excluding carboxylic acids is 1. The van der Waals surface area contributed by atoms with Crippen LogP contribution in [0.2, 0.25) is 10.0 Å². The van der Waals surface area contributed by atoms with Crippen molar-refractivity contribution in [2.45, 2.75) is 3.41 Å². The van der Waals surface area contributed by atoms with Crippen molar-refractivity contribution in [3.8, 4) is 0 Å². The summed E-state index contributed by atoms with van der Waals surface area (Å²) in [5, 5.41) is 0.969. The van der Waals surface area contributed by atoms with E-state index in [2.05, 4.69) is 0 Å². The van der Waals surface area contributed by atoms with Crippen LogP contribution in [0.4, 0.5) is 0 Å². The first-order chi connectivity index (χ1) is 7.99.